The van der Waals surface area contributed by atoms with Gasteiger partial charge in [0, 0.05) is 5.56 Å². The van der Waals surface area contributed by atoms with Gasteiger partial charge in [0.2, 0.25) is 0 Å². The number of aliphatic hydroxyl groups excluding tert-OH is 1. The smallest absolute Gasteiger partial charge is 0.0955 e. The average molecular weight is 276 g/mol. The molecule has 0 aliphatic heterocycles. The zero-order chi connectivity index (χ0) is 14.5. The third-order valence-electron chi connectivity index (χ3n) is 4.36. The molecular formula is C20H20O. The van der Waals surface area contributed by atoms with Crippen molar-refractivity contribution in [2.24, 2.45) is 5.41 Å². The molecule has 0 heterocycles. The number of hydrogen-bond acceptors (Lipinski definition) is 1. The Labute approximate surface area is 126 Å². The standard InChI is InChI=1S/C20H20O/c21-19(18-11-5-2-6-12-18)20(14-7-8-15-20)16-13-17-9-3-1-4-10-17/h1-6,9-12,19,21H,7-8,14-15H2. The molecular weight excluding hydrogens is 256 g/mol. The highest BCUT2D eigenvalue weighted by molar-refractivity contribution is 5.37. The van der Waals surface area contributed by atoms with Crippen LogP contribution in [0, 0.1) is 17.3 Å². The maximum Gasteiger partial charge on any atom is 0.0955 e. The molecule has 1 saturated carbocycles. The van der Waals surface area contributed by atoms with Gasteiger partial charge >= 0.3 is 0 Å². The van der Waals surface area contributed by atoms with Gasteiger partial charge in [0.15, 0.2) is 0 Å². The second kappa shape index (κ2) is 6.16. The van der Waals surface area contributed by atoms with Gasteiger partial charge in [-0.3, -0.25) is 0 Å². The molecule has 0 aromatic heterocycles. The van der Waals surface area contributed by atoms with Crippen LogP contribution >= 0.6 is 0 Å². The summed E-state index contributed by atoms with van der Waals surface area (Å²) in [6, 6.07) is 20.0. The van der Waals surface area contributed by atoms with Crippen LogP contribution in [0.3, 0.4) is 0 Å². The van der Waals surface area contributed by atoms with Crippen LogP contribution in [0.2, 0.25) is 0 Å². The van der Waals surface area contributed by atoms with E-state index < -0.39 is 6.10 Å². The van der Waals surface area contributed by atoms with Crippen LogP contribution in [0.25, 0.3) is 0 Å². The van der Waals surface area contributed by atoms with Crippen molar-refractivity contribution in [1.29, 1.82) is 0 Å². The third kappa shape index (κ3) is 3.01. The van der Waals surface area contributed by atoms with Crippen LogP contribution in [0.15, 0.2) is 60.7 Å². The fourth-order valence-corrected chi connectivity index (χ4v) is 3.15. The fraction of sp³-hybridized carbons (Fsp3) is 0.300. The molecule has 1 unspecified atom stereocenters. The summed E-state index contributed by atoms with van der Waals surface area (Å²) in [4.78, 5) is 0. The van der Waals surface area contributed by atoms with Crippen molar-refractivity contribution in [3.05, 3.63) is 71.8 Å². The lowest BCUT2D eigenvalue weighted by molar-refractivity contribution is 0.0685. The summed E-state index contributed by atoms with van der Waals surface area (Å²) in [5.74, 6) is 6.68. The summed E-state index contributed by atoms with van der Waals surface area (Å²) < 4.78 is 0. The van der Waals surface area contributed by atoms with Crippen LogP contribution in [-0.4, -0.2) is 5.11 Å². The molecule has 0 bridgehead atoms. The number of rotatable bonds is 2. The Hall–Kier alpha value is -2.04. The largest absolute Gasteiger partial charge is 0.387 e. The van der Waals surface area contributed by atoms with Crippen molar-refractivity contribution in [2.45, 2.75) is 31.8 Å². The highest BCUT2D eigenvalue weighted by atomic mass is 16.3. The molecule has 1 fully saturated rings. The lowest BCUT2D eigenvalue weighted by atomic mass is 9.77. The molecule has 1 aliphatic carbocycles. The number of hydrogen-bond donors (Lipinski definition) is 1. The third-order valence-corrected chi connectivity index (χ3v) is 4.36. The monoisotopic (exact) mass is 276 g/mol. The minimum Gasteiger partial charge on any atom is -0.387 e. The summed E-state index contributed by atoms with van der Waals surface area (Å²) in [6.07, 6.45) is 3.74. The van der Waals surface area contributed by atoms with E-state index >= 15 is 0 Å². The molecule has 3 rings (SSSR count). The van der Waals surface area contributed by atoms with Crippen LogP contribution in [-0.2, 0) is 0 Å². The van der Waals surface area contributed by atoms with E-state index in [0.717, 1.165) is 36.8 Å². The Morgan fingerprint density at radius 1 is 0.857 bits per heavy atom. The minimum atomic E-state index is -0.502. The topological polar surface area (TPSA) is 20.2 Å². The summed E-state index contributed by atoms with van der Waals surface area (Å²) >= 11 is 0. The van der Waals surface area contributed by atoms with Crippen molar-refractivity contribution in [1.82, 2.24) is 0 Å². The second-order valence-electron chi connectivity index (χ2n) is 5.79. The van der Waals surface area contributed by atoms with E-state index in [-0.39, 0.29) is 5.41 Å². The van der Waals surface area contributed by atoms with Crippen LogP contribution in [0.5, 0.6) is 0 Å². The Morgan fingerprint density at radius 3 is 2.05 bits per heavy atom. The van der Waals surface area contributed by atoms with E-state index in [1.807, 2.05) is 60.7 Å². The maximum atomic E-state index is 10.8. The molecule has 0 spiro atoms. The molecule has 21 heavy (non-hydrogen) atoms. The van der Waals surface area contributed by atoms with E-state index in [0.29, 0.717) is 0 Å². The van der Waals surface area contributed by atoms with Gasteiger partial charge in [-0.25, -0.2) is 0 Å². The second-order valence-corrected chi connectivity index (χ2v) is 5.79. The fourth-order valence-electron chi connectivity index (χ4n) is 3.15. The van der Waals surface area contributed by atoms with Crippen LogP contribution < -0.4 is 0 Å². The molecule has 0 saturated heterocycles. The van der Waals surface area contributed by atoms with Crippen molar-refractivity contribution >= 4 is 0 Å². The molecule has 1 heteroatoms. The van der Waals surface area contributed by atoms with Gasteiger partial charge in [-0.2, -0.15) is 0 Å². The van der Waals surface area contributed by atoms with E-state index in [2.05, 4.69) is 11.8 Å². The van der Waals surface area contributed by atoms with Crippen LogP contribution in [0.4, 0.5) is 0 Å². The van der Waals surface area contributed by atoms with Crippen molar-refractivity contribution in [3.8, 4) is 11.8 Å². The highest BCUT2D eigenvalue weighted by Crippen LogP contribution is 2.47. The molecule has 1 N–H and O–H groups in total. The summed E-state index contributed by atoms with van der Waals surface area (Å²) in [5, 5.41) is 10.8. The SMILES string of the molecule is OC(c1ccccc1)C1(C#Cc2ccccc2)CCCC1. The molecule has 106 valence electrons. The summed E-state index contributed by atoms with van der Waals surface area (Å²) in [6.45, 7) is 0. The van der Waals surface area contributed by atoms with Gasteiger partial charge in [0.1, 0.15) is 0 Å². The minimum absolute atomic E-state index is 0.294. The highest BCUT2D eigenvalue weighted by Gasteiger charge is 2.39. The van der Waals surface area contributed by atoms with Gasteiger partial charge in [-0.15, -0.1) is 0 Å². The predicted molar refractivity (Wildman–Crippen MR) is 85.6 cm³/mol. The van der Waals surface area contributed by atoms with Crippen molar-refractivity contribution in [2.75, 3.05) is 0 Å². The van der Waals surface area contributed by atoms with Gasteiger partial charge in [-0.05, 0) is 30.5 Å². The molecule has 1 aliphatic rings. The van der Waals surface area contributed by atoms with Gasteiger partial charge in [0.05, 0.1) is 11.5 Å². The molecule has 0 amide bonds. The number of aliphatic hydroxyl groups is 1. The predicted octanol–water partition coefficient (Wildman–Crippen LogP) is 4.33. The van der Waals surface area contributed by atoms with Gasteiger partial charge < -0.3 is 5.11 Å². The van der Waals surface area contributed by atoms with E-state index in [1.54, 1.807) is 0 Å². The first-order valence-corrected chi connectivity index (χ1v) is 7.61. The zero-order valence-electron chi connectivity index (χ0n) is 12.1. The quantitative estimate of drug-likeness (QED) is 0.809. The normalized spacial score (nSPS) is 17.8. The first kappa shape index (κ1) is 13.9. The summed E-state index contributed by atoms with van der Waals surface area (Å²) in [7, 11) is 0. The Bertz CT molecular complexity index is 628. The Balaban J connectivity index is 1.92. The lowest BCUT2D eigenvalue weighted by Gasteiger charge is -2.29. The van der Waals surface area contributed by atoms with Gasteiger partial charge in [-0.1, -0.05) is 73.2 Å². The van der Waals surface area contributed by atoms with E-state index in [9.17, 15) is 5.11 Å². The maximum absolute atomic E-state index is 10.8. The first-order chi connectivity index (χ1) is 10.3. The molecule has 1 atom stereocenters. The number of benzene rings is 2. The lowest BCUT2D eigenvalue weighted by Crippen LogP contribution is -2.24. The van der Waals surface area contributed by atoms with E-state index in [1.165, 1.54) is 0 Å². The molecule has 2 aromatic carbocycles. The molecule has 1 nitrogen and oxygen atoms in total. The van der Waals surface area contributed by atoms with Crippen LogP contribution in [0.1, 0.15) is 42.9 Å². The average Bonchev–Trinajstić information content (AvgIpc) is 3.04. The van der Waals surface area contributed by atoms with E-state index in [4.69, 9.17) is 0 Å². The van der Waals surface area contributed by atoms with Crippen molar-refractivity contribution in [3.63, 3.8) is 0 Å². The zero-order valence-corrected chi connectivity index (χ0v) is 12.1. The Morgan fingerprint density at radius 2 is 1.43 bits per heavy atom. The van der Waals surface area contributed by atoms with Crippen molar-refractivity contribution < 1.29 is 5.11 Å². The molecule has 0 radical (unpaired) electrons. The summed E-state index contributed by atoms with van der Waals surface area (Å²) in [5.41, 5.74) is 1.70. The Kier molecular flexibility index (Phi) is 4.08. The first-order valence-electron chi connectivity index (χ1n) is 7.61. The molecule has 2 aromatic rings. The van der Waals surface area contributed by atoms with Gasteiger partial charge in [0.25, 0.3) is 0 Å².